The third kappa shape index (κ3) is 6.48. The highest BCUT2D eigenvalue weighted by molar-refractivity contribution is 5.89. The lowest BCUT2D eigenvalue weighted by Crippen LogP contribution is -2.36. The summed E-state index contributed by atoms with van der Waals surface area (Å²) in [5.41, 5.74) is 2.88. The average Bonchev–Trinajstić information content (AvgIpc) is 2.50. The number of likely N-dealkylation sites (N-methyl/N-ethyl adjacent to an activating group) is 1. The number of benzene rings is 1. The average molecular weight is 317 g/mol. The lowest BCUT2D eigenvalue weighted by molar-refractivity contribution is -0.134. The summed E-state index contributed by atoms with van der Waals surface area (Å²) in [6.07, 6.45) is 3.51. The molecule has 1 heterocycles. The number of carboxylic acid groups (broad SMARTS) is 2. The molecule has 0 saturated heterocycles. The summed E-state index contributed by atoms with van der Waals surface area (Å²) in [5.74, 6) is -1.88. The highest BCUT2D eigenvalue weighted by atomic mass is 16.4. The molecule has 0 fully saturated rings. The quantitative estimate of drug-likeness (QED) is 0.838. The minimum Gasteiger partial charge on any atom is -0.478 e. The maximum Gasteiger partial charge on any atom is 0.328 e. The first-order chi connectivity index (χ1) is 10.8. The van der Waals surface area contributed by atoms with Crippen LogP contribution in [-0.4, -0.2) is 46.7 Å². The number of nitrogens with zero attached hydrogens (tertiary/aromatic N) is 1. The Kier molecular flexibility index (Phi) is 7.22. The number of aliphatic carboxylic acids is 2. The van der Waals surface area contributed by atoms with Crippen LogP contribution in [0.1, 0.15) is 19.4 Å². The van der Waals surface area contributed by atoms with E-state index in [0.29, 0.717) is 24.1 Å². The van der Waals surface area contributed by atoms with E-state index in [1.165, 1.54) is 11.1 Å². The van der Waals surface area contributed by atoms with E-state index >= 15 is 0 Å². The predicted octanol–water partition coefficient (Wildman–Crippen LogP) is 2.75. The van der Waals surface area contributed by atoms with Gasteiger partial charge < -0.3 is 10.2 Å². The summed E-state index contributed by atoms with van der Waals surface area (Å²) >= 11 is 0. The summed E-state index contributed by atoms with van der Waals surface area (Å²) < 4.78 is 0. The molecular weight excluding hydrogens is 294 g/mol. The number of carbonyl (C=O) groups is 2. The zero-order valence-corrected chi connectivity index (χ0v) is 13.6. The summed E-state index contributed by atoms with van der Waals surface area (Å²) in [7, 11) is 2.19. The molecule has 1 aromatic carbocycles. The van der Waals surface area contributed by atoms with E-state index in [9.17, 15) is 9.59 Å². The van der Waals surface area contributed by atoms with Crippen LogP contribution in [0.4, 0.5) is 0 Å². The van der Waals surface area contributed by atoms with Crippen molar-refractivity contribution in [1.82, 2.24) is 4.90 Å². The van der Waals surface area contributed by atoms with Crippen LogP contribution in [0.15, 0.2) is 48.6 Å². The van der Waals surface area contributed by atoms with E-state index in [1.807, 2.05) is 0 Å². The van der Waals surface area contributed by atoms with Gasteiger partial charge in [-0.15, -0.1) is 0 Å². The second-order valence-corrected chi connectivity index (χ2v) is 5.58. The van der Waals surface area contributed by atoms with Crippen molar-refractivity contribution in [3.63, 3.8) is 0 Å². The van der Waals surface area contributed by atoms with Crippen LogP contribution >= 0.6 is 0 Å². The summed E-state index contributed by atoms with van der Waals surface area (Å²) in [6, 6.07) is 11.3. The molecule has 2 unspecified atom stereocenters. The molecular formula is C18H23NO4. The molecule has 2 atom stereocenters. The van der Waals surface area contributed by atoms with Crippen molar-refractivity contribution in [2.45, 2.75) is 19.9 Å². The van der Waals surface area contributed by atoms with Gasteiger partial charge in [0.25, 0.3) is 0 Å². The van der Waals surface area contributed by atoms with E-state index in [4.69, 9.17) is 10.2 Å². The van der Waals surface area contributed by atoms with E-state index in [2.05, 4.69) is 62.2 Å². The summed E-state index contributed by atoms with van der Waals surface area (Å²) in [6.45, 7) is 5.72. The third-order valence-corrected chi connectivity index (χ3v) is 3.68. The van der Waals surface area contributed by atoms with Crippen molar-refractivity contribution in [3.8, 4) is 0 Å². The van der Waals surface area contributed by atoms with Crippen LogP contribution in [0.2, 0.25) is 0 Å². The number of carboxylic acids is 2. The van der Waals surface area contributed by atoms with Gasteiger partial charge in [-0.1, -0.05) is 43.3 Å². The smallest absolute Gasteiger partial charge is 0.328 e. The van der Waals surface area contributed by atoms with Gasteiger partial charge in [-0.2, -0.15) is 0 Å². The van der Waals surface area contributed by atoms with Crippen LogP contribution in [0.5, 0.6) is 0 Å². The number of hydrogen-bond acceptors (Lipinski definition) is 3. The van der Waals surface area contributed by atoms with Crippen molar-refractivity contribution in [1.29, 1.82) is 0 Å². The fourth-order valence-corrected chi connectivity index (χ4v) is 2.40. The lowest BCUT2D eigenvalue weighted by Gasteiger charge is -2.33. The fraction of sp³-hybridized carbons (Fsp3) is 0.333. The SMILES string of the molecule is CC1CN(C)C(C)C=C1c1ccccc1.O=C(O)/C=C/C(=O)O. The fourth-order valence-electron chi connectivity index (χ4n) is 2.40. The monoisotopic (exact) mass is 317 g/mol. The van der Waals surface area contributed by atoms with Crippen LogP contribution < -0.4 is 0 Å². The van der Waals surface area contributed by atoms with Gasteiger partial charge in [0, 0.05) is 24.7 Å². The molecule has 0 saturated carbocycles. The van der Waals surface area contributed by atoms with Gasteiger partial charge >= 0.3 is 11.9 Å². The molecule has 1 aliphatic rings. The molecule has 1 aromatic rings. The molecule has 0 spiro atoms. The Morgan fingerprint density at radius 3 is 2.09 bits per heavy atom. The molecule has 1 aliphatic heterocycles. The largest absolute Gasteiger partial charge is 0.478 e. The van der Waals surface area contributed by atoms with E-state index in [1.54, 1.807) is 0 Å². The molecule has 5 heteroatoms. The van der Waals surface area contributed by atoms with Gasteiger partial charge in [-0.25, -0.2) is 9.59 Å². The minimum absolute atomic E-state index is 0.552. The summed E-state index contributed by atoms with van der Waals surface area (Å²) in [4.78, 5) is 21.5. The first-order valence-corrected chi connectivity index (χ1v) is 7.42. The Morgan fingerprint density at radius 1 is 1.09 bits per heavy atom. The normalized spacial score (nSPS) is 21.3. The van der Waals surface area contributed by atoms with Crippen molar-refractivity contribution < 1.29 is 19.8 Å². The highest BCUT2D eigenvalue weighted by Crippen LogP contribution is 2.28. The van der Waals surface area contributed by atoms with E-state index in [-0.39, 0.29) is 0 Å². The van der Waals surface area contributed by atoms with E-state index in [0.717, 1.165) is 6.54 Å². The molecule has 0 aliphatic carbocycles. The molecule has 2 N–H and O–H groups in total. The summed E-state index contributed by atoms with van der Waals surface area (Å²) in [5, 5.41) is 15.6. The van der Waals surface area contributed by atoms with Gasteiger partial charge in [-0.3, -0.25) is 4.90 Å². The molecule has 23 heavy (non-hydrogen) atoms. The maximum atomic E-state index is 9.55. The molecule has 2 rings (SSSR count). The zero-order chi connectivity index (χ0) is 17.4. The van der Waals surface area contributed by atoms with Crippen molar-refractivity contribution in [2.75, 3.05) is 13.6 Å². The molecule has 0 amide bonds. The number of rotatable bonds is 3. The first-order valence-electron chi connectivity index (χ1n) is 7.42. The Bertz CT molecular complexity index is 576. The molecule has 5 nitrogen and oxygen atoms in total. The Labute approximate surface area is 136 Å². The van der Waals surface area contributed by atoms with E-state index < -0.39 is 11.9 Å². The van der Waals surface area contributed by atoms with Crippen molar-refractivity contribution in [3.05, 3.63) is 54.1 Å². The molecule has 0 radical (unpaired) electrons. The molecule has 0 aromatic heterocycles. The molecule has 124 valence electrons. The third-order valence-electron chi connectivity index (χ3n) is 3.68. The van der Waals surface area contributed by atoms with Gasteiger partial charge in [0.1, 0.15) is 0 Å². The van der Waals surface area contributed by atoms with Crippen LogP contribution in [0, 0.1) is 5.92 Å². The van der Waals surface area contributed by atoms with Crippen LogP contribution in [0.25, 0.3) is 5.57 Å². The lowest BCUT2D eigenvalue weighted by atomic mass is 9.88. The Morgan fingerprint density at radius 2 is 1.61 bits per heavy atom. The van der Waals surface area contributed by atoms with Gasteiger partial charge in [0.15, 0.2) is 0 Å². The van der Waals surface area contributed by atoms with Crippen LogP contribution in [0.3, 0.4) is 0 Å². The second-order valence-electron chi connectivity index (χ2n) is 5.58. The van der Waals surface area contributed by atoms with Gasteiger partial charge in [0.2, 0.25) is 0 Å². The topological polar surface area (TPSA) is 77.8 Å². The minimum atomic E-state index is -1.26. The predicted molar refractivity (Wildman–Crippen MR) is 90.1 cm³/mol. The van der Waals surface area contributed by atoms with Gasteiger partial charge in [0.05, 0.1) is 0 Å². The zero-order valence-electron chi connectivity index (χ0n) is 13.6. The Balaban J connectivity index is 0.000000284. The van der Waals surface area contributed by atoms with Gasteiger partial charge in [-0.05, 0) is 31.0 Å². The van der Waals surface area contributed by atoms with Crippen molar-refractivity contribution >= 4 is 17.5 Å². The number of hydrogen-bond donors (Lipinski definition) is 2. The highest BCUT2D eigenvalue weighted by Gasteiger charge is 2.21. The molecule has 0 bridgehead atoms. The standard InChI is InChI=1S/C14H19N.C4H4O4/c1-11-10-15(3)12(2)9-14(11)13-7-5-4-6-8-13;5-3(6)1-2-4(7)8/h4-9,11-12H,10H2,1-3H3;1-2H,(H,5,6)(H,7,8)/b;2-1+. The first kappa shape index (κ1) is 18.6. The maximum absolute atomic E-state index is 9.55. The second kappa shape index (κ2) is 8.90. The van der Waals surface area contributed by atoms with Crippen molar-refractivity contribution in [2.24, 2.45) is 5.92 Å². The Hall–Kier alpha value is -2.40. The van der Waals surface area contributed by atoms with Crippen LogP contribution in [-0.2, 0) is 9.59 Å².